The Hall–Kier alpha value is -2.57. The number of thiazole rings is 1. The van der Waals surface area contributed by atoms with E-state index in [9.17, 15) is 4.79 Å². The van der Waals surface area contributed by atoms with Crippen LogP contribution in [0.5, 0.6) is 11.5 Å². The summed E-state index contributed by atoms with van der Waals surface area (Å²) in [5.74, 6) is 3.63. The molecule has 4 aromatic rings. The summed E-state index contributed by atoms with van der Waals surface area (Å²) in [6.45, 7) is 4.25. The monoisotopic (exact) mass is 516 g/mol. The van der Waals surface area contributed by atoms with Gasteiger partial charge in [0.2, 0.25) is 0 Å². The van der Waals surface area contributed by atoms with Crippen LogP contribution in [-0.2, 0) is 0 Å². The van der Waals surface area contributed by atoms with E-state index in [1.807, 2.05) is 44.2 Å². The van der Waals surface area contributed by atoms with Gasteiger partial charge in [-0.05, 0) is 83.5 Å². The summed E-state index contributed by atoms with van der Waals surface area (Å²) in [6.07, 6.45) is 7.14. The summed E-state index contributed by atoms with van der Waals surface area (Å²) in [7, 11) is 1.58. The largest absolute Gasteiger partial charge is 0.493 e. The number of hydrogen-bond acceptors (Lipinski definition) is 5. The van der Waals surface area contributed by atoms with E-state index in [2.05, 4.69) is 33.5 Å². The predicted octanol–water partition coefficient (Wildman–Crippen LogP) is 3.70. The molecule has 0 spiro atoms. The maximum absolute atomic E-state index is 13.1. The number of fused-ring (bicyclic) bond motifs is 3. The molecule has 2 aromatic carbocycles. The van der Waals surface area contributed by atoms with Crippen molar-refractivity contribution < 1.29 is 9.47 Å². The molecular weight excluding hydrogens is 499 g/mol. The lowest BCUT2D eigenvalue weighted by Gasteiger charge is -2.11. The van der Waals surface area contributed by atoms with Crippen LogP contribution in [0.2, 0.25) is 0 Å². The highest BCUT2D eigenvalue weighted by molar-refractivity contribution is 14.1. The fraction of sp³-hybridized carbons (Fsp3) is 0.182. The third-order valence-corrected chi connectivity index (χ3v) is 6.47. The van der Waals surface area contributed by atoms with Crippen LogP contribution in [0.15, 0.2) is 29.1 Å². The third kappa shape index (κ3) is 3.47. The van der Waals surface area contributed by atoms with Crippen molar-refractivity contribution in [3.8, 4) is 23.8 Å². The van der Waals surface area contributed by atoms with Gasteiger partial charge >= 0.3 is 0 Å². The molecule has 0 saturated heterocycles. The fourth-order valence-electron chi connectivity index (χ4n) is 3.15. The van der Waals surface area contributed by atoms with Crippen LogP contribution in [0.3, 0.4) is 0 Å². The van der Waals surface area contributed by atoms with Crippen molar-refractivity contribution in [2.75, 3.05) is 13.7 Å². The molecule has 0 unspecified atom stereocenters. The SMILES string of the molecule is C#CCOc1c(I)cc(/C=c2\sc3nc4cc(C)c(C)cc4n3c2=O)cc1OC. The number of terminal acetylenes is 1. The molecule has 29 heavy (non-hydrogen) atoms. The van der Waals surface area contributed by atoms with Gasteiger partial charge in [0.05, 0.1) is 26.2 Å². The first kappa shape index (κ1) is 19.7. The van der Waals surface area contributed by atoms with Crippen LogP contribution in [0.4, 0.5) is 0 Å². The molecule has 5 nitrogen and oxygen atoms in total. The van der Waals surface area contributed by atoms with Crippen molar-refractivity contribution in [1.82, 2.24) is 9.38 Å². The third-order valence-electron chi connectivity index (χ3n) is 4.70. The number of nitrogens with zero attached hydrogens (tertiary/aromatic N) is 2. The van der Waals surface area contributed by atoms with Crippen LogP contribution in [0.25, 0.3) is 22.1 Å². The summed E-state index contributed by atoms with van der Waals surface area (Å²) in [5.41, 5.74) is 4.76. The van der Waals surface area contributed by atoms with Gasteiger partial charge in [-0.25, -0.2) is 9.38 Å². The summed E-state index contributed by atoms with van der Waals surface area (Å²) < 4.78 is 14.2. The average molecular weight is 516 g/mol. The van der Waals surface area contributed by atoms with Crippen molar-refractivity contribution in [2.24, 2.45) is 0 Å². The number of halogens is 1. The summed E-state index contributed by atoms with van der Waals surface area (Å²) in [4.78, 5) is 18.4. The molecule has 0 aliphatic carbocycles. The number of aromatic nitrogens is 2. The molecule has 0 saturated carbocycles. The molecule has 0 amide bonds. The van der Waals surface area contributed by atoms with Gasteiger partial charge in [-0.3, -0.25) is 4.79 Å². The number of rotatable bonds is 4. The molecule has 0 aliphatic rings. The standard InChI is InChI=1S/C22H17IN2O3S/c1-5-6-28-20-15(23)9-14(10-18(20)27-4)11-19-21(26)25-17-8-13(3)12(2)7-16(17)24-22(25)29-19/h1,7-11H,6H2,2-4H3/b19-11-. The second-order valence-electron chi connectivity index (χ2n) is 6.60. The minimum atomic E-state index is -0.0719. The van der Waals surface area contributed by atoms with Crippen LogP contribution in [0, 0.1) is 29.8 Å². The lowest BCUT2D eigenvalue weighted by molar-refractivity contribution is 0.328. The number of ether oxygens (including phenoxy) is 2. The molecule has 0 atom stereocenters. The van der Waals surface area contributed by atoms with Gasteiger partial charge in [0.1, 0.15) is 6.61 Å². The quantitative estimate of drug-likeness (QED) is 0.307. The van der Waals surface area contributed by atoms with Gasteiger partial charge < -0.3 is 9.47 Å². The van der Waals surface area contributed by atoms with Crippen molar-refractivity contribution in [3.05, 3.63) is 59.4 Å². The Morgan fingerprint density at radius 3 is 2.76 bits per heavy atom. The van der Waals surface area contributed by atoms with Crippen LogP contribution in [0.1, 0.15) is 16.7 Å². The Balaban J connectivity index is 1.88. The molecule has 2 heterocycles. The van der Waals surface area contributed by atoms with E-state index in [-0.39, 0.29) is 12.2 Å². The molecule has 0 N–H and O–H groups in total. The minimum Gasteiger partial charge on any atom is -0.493 e. The highest BCUT2D eigenvalue weighted by Crippen LogP contribution is 2.34. The molecular formula is C22H17IN2O3S. The molecule has 7 heteroatoms. The van der Waals surface area contributed by atoms with Gasteiger partial charge in [-0.1, -0.05) is 17.3 Å². The number of imidazole rings is 1. The van der Waals surface area contributed by atoms with E-state index in [0.29, 0.717) is 21.0 Å². The van der Waals surface area contributed by atoms with Crippen molar-refractivity contribution in [1.29, 1.82) is 0 Å². The first-order valence-corrected chi connectivity index (χ1v) is 10.7. The number of aryl methyl sites for hydroxylation is 2. The molecule has 4 rings (SSSR count). The second-order valence-corrected chi connectivity index (χ2v) is 8.77. The maximum atomic E-state index is 13.1. The van der Waals surface area contributed by atoms with E-state index in [1.165, 1.54) is 11.3 Å². The zero-order valence-electron chi connectivity index (χ0n) is 16.1. The topological polar surface area (TPSA) is 52.8 Å². The summed E-state index contributed by atoms with van der Waals surface area (Å²) >= 11 is 3.55. The Kier molecular flexibility index (Phi) is 5.23. The molecule has 0 fully saturated rings. The Bertz CT molecular complexity index is 1410. The zero-order chi connectivity index (χ0) is 20.7. The van der Waals surface area contributed by atoms with Crippen molar-refractivity contribution in [3.63, 3.8) is 0 Å². The predicted molar refractivity (Wildman–Crippen MR) is 125 cm³/mol. The average Bonchev–Trinajstić information content (AvgIpc) is 3.17. The number of benzene rings is 2. The van der Waals surface area contributed by atoms with E-state index in [4.69, 9.17) is 15.9 Å². The van der Waals surface area contributed by atoms with E-state index >= 15 is 0 Å². The zero-order valence-corrected chi connectivity index (χ0v) is 19.1. The van der Waals surface area contributed by atoms with Crippen LogP contribution >= 0.6 is 33.9 Å². The first-order chi connectivity index (χ1) is 13.9. The lowest BCUT2D eigenvalue weighted by atomic mass is 10.1. The Morgan fingerprint density at radius 2 is 2.03 bits per heavy atom. The second kappa shape index (κ2) is 7.69. The van der Waals surface area contributed by atoms with E-state index in [1.54, 1.807) is 11.5 Å². The number of methoxy groups -OCH3 is 1. The smallest absolute Gasteiger partial charge is 0.274 e. The summed E-state index contributed by atoms with van der Waals surface area (Å²) in [5, 5.41) is 0. The first-order valence-electron chi connectivity index (χ1n) is 8.80. The highest BCUT2D eigenvalue weighted by atomic mass is 127. The van der Waals surface area contributed by atoms with E-state index in [0.717, 1.165) is 31.3 Å². The Labute approximate surface area is 185 Å². The van der Waals surface area contributed by atoms with Crippen molar-refractivity contribution in [2.45, 2.75) is 13.8 Å². The van der Waals surface area contributed by atoms with Gasteiger partial charge in [0.15, 0.2) is 16.5 Å². The van der Waals surface area contributed by atoms with E-state index < -0.39 is 0 Å². The maximum Gasteiger partial charge on any atom is 0.274 e. The van der Waals surface area contributed by atoms with Gasteiger partial charge in [-0.2, -0.15) is 0 Å². The lowest BCUT2D eigenvalue weighted by Crippen LogP contribution is -2.22. The fourth-order valence-corrected chi connectivity index (χ4v) is 4.91. The Morgan fingerprint density at radius 1 is 1.28 bits per heavy atom. The van der Waals surface area contributed by atoms with Gasteiger partial charge in [0.25, 0.3) is 5.56 Å². The van der Waals surface area contributed by atoms with Gasteiger partial charge in [-0.15, -0.1) is 6.42 Å². The molecule has 0 bridgehead atoms. The molecule has 0 radical (unpaired) electrons. The molecule has 2 aromatic heterocycles. The van der Waals surface area contributed by atoms with Crippen LogP contribution < -0.4 is 19.6 Å². The summed E-state index contributed by atoms with van der Waals surface area (Å²) in [6, 6.07) is 7.81. The minimum absolute atomic E-state index is 0.0719. The number of hydrogen-bond donors (Lipinski definition) is 0. The normalized spacial score (nSPS) is 11.9. The van der Waals surface area contributed by atoms with Crippen LogP contribution in [-0.4, -0.2) is 23.1 Å². The van der Waals surface area contributed by atoms with Crippen molar-refractivity contribution >= 4 is 56.0 Å². The highest BCUT2D eigenvalue weighted by Gasteiger charge is 2.14. The van der Waals surface area contributed by atoms with Gasteiger partial charge in [0, 0.05) is 0 Å². The molecule has 0 aliphatic heterocycles. The molecule has 146 valence electrons.